The molecule has 8 nitrogen and oxygen atoms in total. The Morgan fingerprint density at radius 1 is 1.06 bits per heavy atom. The normalized spacial score (nSPS) is 15.3. The lowest BCUT2D eigenvalue weighted by Gasteiger charge is -2.21. The number of rotatable bonds is 9. The van der Waals surface area contributed by atoms with E-state index in [1.165, 1.54) is 52.6 Å². The van der Waals surface area contributed by atoms with Gasteiger partial charge in [0.1, 0.15) is 11.9 Å². The van der Waals surface area contributed by atoms with Crippen LogP contribution >= 0.6 is 11.3 Å². The molecule has 186 valence electrons. The number of imide groups is 1. The van der Waals surface area contributed by atoms with Crippen LogP contribution in [0.15, 0.2) is 66.0 Å². The number of urea groups is 1. The molecule has 2 aromatic carbocycles. The highest BCUT2D eigenvalue weighted by Gasteiger charge is 2.46. The van der Waals surface area contributed by atoms with Crippen molar-refractivity contribution in [2.45, 2.75) is 25.8 Å². The Morgan fingerprint density at radius 3 is 2.42 bits per heavy atom. The standard InChI is InChI=1S/C26H24FN3O5S/c1-2-35-25(33)17-5-9-19(10-6-17)28-23(31)16-22-24(32)30(20-11-7-18(27)8-12-20)26(34)29(22)14-13-21-4-3-15-36-21/h3-12,15,22H,2,13-14,16H2,1H3,(H,28,31)/t22-/m1/s1. The van der Waals surface area contributed by atoms with Gasteiger partial charge in [-0.15, -0.1) is 11.3 Å². The van der Waals surface area contributed by atoms with Crippen LogP contribution in [0.25, 0.3) is 0 Å². The van der Waals surface area contributed by atoms with Crippen molar-refractivity contribution in [3.8, 4) is 0 Å². The second-order valence-electron chi connectivity index (χ2n) is 8.02. The third-order valence-electron chi connectivity index (χ3n) is 5.64. The van der Waals surface area contributed by atoms with Gasteiger partial charge in [-0.25, -0.2) is 18.9 Å². The van der Waals surface area contributed by atoms with E-state index in [2.05, 4.69) is 5.32 Å². The molecule has 1 aliphatic heterocycles. The van der Waals surface area contributed by atoms with Gasteiger partial charge in [0.25, 0.3) is 5.91 Å². The molecule has 0 spiro atoms. The Bertz CT molecular complexity index is 1250. The van der Waals surface area contributed by atoms with Crippen molar-refractivity contribution in [2.75, 3.05) is 23.4 Å². The molecule has 1 N–H and O–H groups in total. The van der Waals surface area contributed by atoms with Crippen LogP contribution in [-0.4, -0.2) is 47.9 Å². The summed E-state index contributed by atoms with van der Waals surface area (Å²) in [6.45, 7) is 2.21. The smallest absolute Gasteiger partial charge is 0.338 e. The number of carbonyl (C=O) groups is 4. The predicted molar refractivity (Wildman–Crippen MR) is 133 cm³/mol. The van der Waals surface area contributed by atoms with Gasteiger partial charge in [0.05, 0.1) is 24.3 Å². The predicted octanol–water partition coefficient (Wildman–Crippen LogP) is 4.47. The zero-order valence-electron chi connectivity index (χ0n) is 19.5. The molecule has 4 rings (SSSR count). The van der Waals surface area contributed by atoms with E-state index in [0.29, 0.717) is 17.7 Å². The van der Waals surface area contributed by atoms with Crippen molar-refractivity contribution < 1.29 is 28.3 Å². The summed E-state index contributed by atoms with van der Waals surface area (Å²) in [7, 11) is 0. The molecule has 1 saturated heterocycles. The van der Waals surface area contributed by atoms with Crippen LogP contribution in [0, 0.1) is 5.82 Å². The zero-order valence-corrected chi connectivity index (χ0v) is 20.3. The van der Waals surface area contributed by atoms with Gasteiger partial charge in [0.2, 0.25) is 5.91 Å². The lowest BCUT2D eigenvalue weighted by molar-refractivity contribution is -0.124. The molecule has 3 aromatic rings. The van der Waals surface area contributed by atoms with Crippen molar-refractivity contribution in [3.05, 3.63) is 82.3 Å². The maximum absolute atomic E-state index is 13.4. The highest BCUT2D eigenvalue weighted by Crippen LogP contribution is 2.28. The summed E-state index contributed by atoms with van der Waals surface area (Å²) in [5.41, 5.74) is 1.02. The number of anilines is 2. The third kappa shape index (κ3) is 5.60. The molecular weight excluding hydrogens is 485 g/mol. The summed E-state index contributed by atoms with van der Waals surface area (Å²) in [6, 6.07) is 13.5. The van der Waals surface area contributed by atoms with Crippen LogP contribution < -0.4 is 10.2 Å². The van der Waals surface area contributed by atoms with E-state index in [-0.39, 0.29) is 25.3 Å². The van der Waals surface area contributed by atoms with Gasteiger partial charge in [-0.05, 0) is 73.3 Å². The Hall–Kier alpha value is -4.05. The van der Waals surface area contributed by atoms with Gasteiger partial charge in [0, 0.05) is 17.1 Å². The first-order chi connectivity index (χ1) is 17.4. The molecule has 10 heteroatoms. The SMILES string of the molecule is CCOC(=O)c1ccc(NC(=O)C[C@@H]2C(=O)N(c3ccc(F)cc3)C(=O)N2CCc2cccs2)cc1. The average Bonchev–Trinajstić information content (AvgIpc) is 3.46. The van der Waals surface area contributed by atoms with Crippen LogP contribution in [0.5, 0.6) is 0 Å². The van der Waals surface area contributed by atoms with Crippen molar-refractivity contribution in [1.82, 2.24) is 4.90 Å². The fourth-order valence-electron chi connectivity index (χ4n) is 3.89. The van der Waals surface area contributed by atoms with E-state index in [4.69, 9.17) is 4.74 Å². The summed E-state index contributed by atoms with van der Waals surface area (Å²) in [6.07, 6.45) is 0.272. The van der Waals surface area contributed by atoms with Gasteiger partial charge in [-0.2, -0.15) is 0 Å². The fraction of sp³-hybridized carbons (Fsp3) is 0.231. The molecule has 4 amide bonds. The van der Waals surface area contributed by atoms with Crippen molar-refractivity contribution in [3.63, 3.8) is 0 Å². The zero-order chi connectivity index (χ0) is 25.7. The number of nitrogens with zero attached hydrogens (tertiary/aromatic N) is 2. The van der Waals surface area contributed by atoms with Crippen LogP contribution in [0.2, 0.25) is 0 Å². The second kappa shape index (κ2) is 11.1. The lowest BCUT2D eigenvalue weighted by Crippen LogP contribution is -2.39. The minimum absolute atomic E-state index is 0.241. The third-order valence-corrected chi connectivity index (χ3v) is 6.58. The number of hydrogen-bond acceptors (Lipinski definition) is 6. The molecule has 0 bridgehead atoms. The van der Waals surface area contributed by atoms with Gasteiger partial charge < -0.3 is 15.0 Å². The van der Waals surface area contributed by atoms with Crippen molar-refractivity contribution >= 4 is 46.5 Å². The number of esters is 1. The number of ether oxygens (including phenoxy) is 1. The summed E-state index contributed by atoms with van der Waals surface area (Å²) in [4.78, 5) is 54.6. The first-order valence-corrected chi connectivity index (χ1v) is 12.2. The fourth-order valence-corrected chi connectivity index (χ4v) is 4.59. The van der Waals surface area contributed by atoms with Crippen LogP contribution in [0.1, 0.15) is 28.6 Å². The lowest BCUT2D eigenvalue weighted by atomic mass is 10.1. The van der Waals surface area contributed by atoms with Crippen LogP contribution in [0.3, 0.4) is 0 Å². The quantitative estimate of drug-likeness (QED) is 0.339. The number of carbonyl (C=O) groups excluding carboxylic acids is 4. The van der Waals surface area contributed by atoms with Crippen LogP contribution in [0.4, 0.5) is 20.6 Å². The largest absolute Gasteiger partial charge is 0.462 e. The van der Waals surface area contributed by atoms with Crippen molar-refractivity contribution in [2.24, 2.45) is 0 Å². The molecule has 0 unspecified atom stereocenters. The summed E-state index contributed by atoms with van der Waals surface area (Å²) in [5, 5.41) is 4.63. The average molecular weight is 510 g/mol. The minimum atomic E-state index is -1.01. The second-order valence-corrected chi connectivity index (χ2v) is 9.05. The van der Waals surface area contributed by atoms with E-state index >= 15 is 0 Å². The number of benzene rings is 2. The Morgan fingerprint density at radius 2 is 1.78 bits per heavy atom. The molecule has 1 atom stereocenters. The topological polar surface area (TPSA) is 96.0 Å². The molecule has 1 fully saturated rings. The van der Waals surface area contributed by atoms with E-state index in [9.17, 15) is 23.6 Å². The monoisotopic (exact) mass is 509 g/mol. The number of thiophene rings is 1. The number of nitrogens with one attached hydrogen (secondary N) is 1. The maximum Gasteiger partial charge on any atom is 0.338 e. The Kier molecular flexibility index (Phi) is 7.74. The van der Waals surface area contributed by atoms with Crippen LogP contribution in [-0.2, 0) is 20.7 Å². The van der Waals surface area contributed by atoms with E-state index in [0.717, 1.165) is 9.78 Å². The molecular formula is C26H24FN3O5S. The Balaban J connectivity index is 1.49. The molecule has 0 radical (unpaired) electrons. The first-order valence-electron chi connectivity index (χ1n) is 11.4. The van der Waals surface area contributed by atoms with E-state index in [1.807, 2.05) is 17.5 Å². The minimum Gasteiger partial charge on any atom is -0.462 e. The highest BCUT2D eigenvalue weighted by molar-refractivity contribution is 7.09. The summed E-state index contributed by atoms with van der Waals surface area (Å²) in [5.74, 6) is -1.97. The van der Waals surface area contributed by atoms with Gasteiger partial charge in [-0.1, -0.05) is 6.07 Å². The van der Waals surface area contributed by atoms with Gasteiger partial charge in [0.15, 0.2) is 0 Å². The number of hydrogen-bond donors (Lipinski definition) is 1. The Labute approximate surface area is 211 Å². The molecule has 0 aliphatic carbocycles. The molecule has 0 saturated carbocycles. The highest BCUT2D eigenvalue weighted by atomic mass is 32.1. The number of amides is 4. The maximum atomic E-state index is 13.4. The molecule has 2 heterocycles. The van der Waals surface area contributed by atoms with E-state index in [1.54, 1.807) is 19.1 Å². The van der Waals surface area contributed by atoms with Gasteiger partial charge >= 0.3 is 12.0 Å². The van der Waals surface area contributed by atoms with Gasteiger partial charge in [-0.3, -0.25) is 9.59 Å². The number of halogens is 1. The molecule has 36 heavy (non-hydrogen) atoms. The first kappa shape index (κ1) is 25.1. The summed E-state index contributed by atoms with van der Waals surface area (Å²) >= 11 is 1.54. The molecule has 1 aliphatic rings. The van der Waals surface area contributed by atoms with Crippen molar-refractivity contribution in [1.29, 1.82) is 0 Å². The molecule has 1 aromatic heterocycles. The summed E-state index contributed by atoms with van der Waals surface area (Å²) < 4.78 is 18.4. The van der Waals surface area contributed by atoms with E-state index < -0.39 is 35.7 Å².